The minimum absolute atomic E-state index is 0.0825. The predicted molar refractivity (Wildman–Crippen MR) is 125 cm³/mol. The number of carbonyl (C=O) groups excluding carboxylic acids is 3. The molecule has 0 unspecified atom stereocenters. The summed E-state index contributed by atoms with van der Waals surface area (Å²) in [5, 5.41) is 2.20. The minimum atomic E-state index is -4.16. The van der Waals surface area contributed by atoms with Gasteiger partial charge in [0.25, 0.3) is 15.9 Å². The van der Waals surface area contributed by atoms with Gasteiger partial charge in [-0.05, 0) is 48.0 Å². The van der Waals surface area contributed by atoms with E-state index in [9.17, 15) is 27.2 Å². The lowest BCUT2D eigenvalue weighted by atomic mass is 9.98. The van der Waals surface area contributed by atoms with Gasteiger partial charge in [-0.15, -0.1) is 11.3 Å². The zero-order valence-corrected chi connectivity index (χ0v) is 20.2. The fourth-order valence-electron chi connectivity index (χ4n) is 3.16. The van der Waals surface area contributed by atoms with E-state index in [1.807, 2.05) is 0 Å². The third kappa shape index (κ3) is 4.78. The Kier molecular flexibility index (Phi) is 6.27. The molecular weight excluding hydrogens is 561 g/mol. The van der Waals surface area contributed by atoms with Crippen molar-refractivity contribution in [3.63, 3.8) is 0 Å². The highest BCUT2D eigenvalue weighted by Gasteiger charge is 2.34. The predicted octanol–water partition coefficient (Wildman–Crippen LogP) is 4.54. The number of rotatable bonds is 4. The van der Waals surface area contributed by atoms with Crippen LogP contribution in [0.1, 0.15) is 15.9 Å². The number of anilines is 2. The molecule has 0 bridgehead atoms. The van der Waals surface area contributed by atoms with E-state index in [0.29, 0.717) is 10.0 Å². The number of hydrogen-bond donors (Lipinski definition) is 2. The summed E-state index contributed by atoms with van der Waals surface area (Å²) in [6.07, 6.45) is -0.0825. The van der Waals surface area contributed by atoms with Crippen LogP contribution in [0.4, 0.5) is 20.6 Å². The molecule has 3 aromatic rings. The molecule has 2 aromatic carbocycles. The molecule has 2 N–H and O–H groups in total. The van der Waals surface area contributed by atoms with Crippen LogP contribution < -0.4 is 14.9 Å². The number of sulfonamides is 1. The van der Waals surface area contributed by atoms with Gasteiger partial charge in [0.1, 0.15) is 10.0 Å². The lowest BCUT2D eigenvalue weighted by molar-refractivity contribution is -0.117. The van der Waals surface area contributed by atoms with E-state index in [1.54, 1.807) is 22.9 Å². The van der Waals surface area contributed by atoms with Crippen molar-refractivity contribution in [2.45, 2.75) is 10.6 Å². The van der Waals surface area contributed by atoms with Gasteiger partial charge in [0.15, 0.2) is 0 Å². The first-order valence-electron chi connectivity index (χ1n) is 9.09. The number of amides is 4. The van der Waals surface area contributed by atoms with Gasteiger partial charge in [-0.1, -0.05) is 33.6 Å². The van der Waals surface area contributed by atoms with Crippen molar-refractivity contribution in [1.82, 2.24) is 4.72 Å². The number of fused-ring (bicyclic) bond motifs is 1. The van der Waals surface area contributed by atoms with E-state index in [4.69, 9.17) is 11.6 Å². The standard InChI is InChI=1S/C20H12BrClFN3O5S2/c21-11-2-1-10-7-17(27)26(19(28)13(10)8-11)15-4-3-12(9-14(15)23)24-20(29)25-33(30,31)18-6-5-16(22)32-18/h1-6,8-9H,7H2,(H2,24,25,29). The first-order chi connectivity index (χ1) is 15.5. The van der Waals surface area contributed by atoms with Crippen molar-refractivity contribution in [2.75, 3.05) is 10.2 Å². The van der Waals surface area contributed by atoms with Gasteiger partial charge in [0.05, 0.1) is 16.4 Å². The molecule has 1 aliphatic heterocycles. The van der Waals surface area contributed by atoms with Crippen LogP contribution in [0, 0.1) is 5.82 Å². The minimum Gasteiger partial charge on any atom is -0.307 e. The Labute approximate surface area is 204 Å². The lowest BCUT2D eigenvalue weighted by Crippen LogP contribution is -2.43. The zero-order valence-electron chi connectivity index (χ0n) is 16.3. The number of imide groups is 1. The Morgan fingerprint density at radius 1 is 1.12 bits per heavy atom. The maximum Gasteiger partial charge on any atom is 0.333 e. The largest absolute Gasteiger partial charge is 0.333 e. The number of nitrogens with one attached hydrogen (secondary N) is 2. The summed E-state index contributed by atoms with van der Waals surface area (Å²) in [6, 6.07) is 9.64. The molecule has 33 heavy (non-hydrogen) atoms. The van der Waals surface area contributed by atoms with Crippen LogP contribution in [0.5, 0.6) is 0 Å². The topological polar surface area (TPSA) is 113 Å². The van der Waals surface area contributed by atoms with Crippen LogP contribution in [0.2, 0.25) is 4.34 Å². The van der Waals surface area contributed by atoms with Gasteiger partial charge in [-0.2, -0.15) is 0 Å². The van der Waals surface area contributed by atoms with Gasteiger partial charge >= 0.3 is 6.03 Å². The Morgan fingerprint density at radius 3 is 2.55 bits per heavy atom. The molecule has 1 aliphatic rings. The first kappa shape index (κ1) is 23.4. The van der Waals surface area contributed by atoms with Crippen LogP contribution in [0.3, 0.4) is 0 Å². The second kappa shape index (κ2) is 8.86. The summed E-state index contributed by atoms with van der Waals surface area (Å²) >= 11 is 9.75. The van der Waals surface area contributed by atoms with Crippen molar-refractivity contribution in [3.05, 3.63) is 74.3 Å². The van der Waals surface area contributed by atoms with Crippen molar-refractivity contribution >= 4 is 78.1 Å². The molecular formula is C20H12BrClFN3O5S2. The maximum atomic E-state index is 14.8. The summed E-state index contributed by atoms with van der Waals surface area (Å²) in [5.74, 6) is -2.24. The Morgan fingerprint density at radius 2 is 1.88 bits per heavy atom. The Bertz CT molecular complexity index is 1430. The molecule has 0 saturated carbocycles. The number of nitrogens with zero attached hydrogens (tertiary/aromatic N) is 1. The van der Waals surface area contributed by atoms with Gasteiger partial charge in [-0.25, -0.2) is 27.2 Å². The molecule has 0 aliphatic carbocycles. The molecule has 4 amide bonds. The van der Waals surface area contributed by atoms with Crippen molar-refractivity contribution in [1.29, 1.82) is 0 Å². The Hall–Kier alpha value is -2.80. The number of hydrogen-bond acceptors (Lipinski definition) is 6. The van der Waals surface area contributed by atoms with E-state index in [0.717, 1.165) is 28.4 Å². The SMILES string of the molecule is O=C(Nc1ccc(N2C(=O)Cc3ccc(Br)cc3C2=O)c(F)c1)NS(=O)(=O)c1ccc(Cl)s1. The highest BCUT2D eigenvalue weighted by molar-refractivity contribution is 9.10. The van der Waals surface area contributed by atoms with Crippen LogP contribution in [0.25, 0.3) is 0 Å². The molecule has 0 radical (unpaired) electrons. The van der Waals surface area contributed by atoms with E-state index in [1.165, 1.54) is 18.2 Å². The average molecular weight is 573 g/mol. The highest BCUT2D eigenvalue weighted by atomic mass is 79.9. The molecule has 4 rings (SSSR count). The molecule has 170 valence electrons. The molecule has 0 atom stereocenters. The third-order valence-electron chi connectivity index (χ3n) is 4.58. The van der Waals surface area contributed by atoms with Crippen molar-refractivity contribution in [3.8, 4) is 0 Å². The number of urea groups is 1. The van der Waals surface area contributed by atoms with Gasteiger partial charge in [0.2, 0.25) is 5.91 Å². The van der Waals surface area contributed by atoms with E-state index in [2.05, 4.69) is 21.2 Å². The first-order valence-corrected chi connectivity index (χ1v) is 12.6. The van der Waals surface area contributed by atoms with Gasteiger partial charge in [-0.3, -0.25) is 9.59 Å². The molecule has 2 heterocycles. The lowest BCUT2D eigenvalue weighted by Gasteiger charge is -2.27. The second-order valence-electron chi connectivity index (χ2n) is 6.80. The maximum absolute atomic E-state index is 14.8. The van der Waals surface area contributed by atoms with E-state index < -0.39 is 33.7 Å². The molecule has 8 nitrogen and oxygen atoms in total. The second-order valence-corrected chi connectivity index (χ2v) is 11.3. The summed E-state index contributed by atoms with van der Waals surface area (Å²) in [5.41, 5.74) is 0.424. The van der Waals surface area contributed by atoms with E-state index in [-0.39, 0.29) is 31.9 Å². The monoisotopic (exact) mass is 571 g/mol. The fourth-order valence-corrected chi connectivity index (χ4v) is 5.91. The van der Waals surface area contributed by atoms with Crippen molar-refractivity contribution < 1.29 is 27.2 Å². The van der Waals surface area contributed by atoms with Crippen LogP contribution in [-0.4, -0.2) is 26.3 Å². The number of thiophene rings is 1. The third-order valence-corrected chi connectivity index (χ3v) is 8.13. The summed E-state index contributed by atoms with van der Waals surface area (Å²) in [4.78, 5) is 38.2. The summed E-state index contributed by atoms with van der Waals surface area (Å²) < 4.78 is 41.7. The molecule has 1 aromatic heterocycles. The average Bonchev–Trinajstić information content (AvgIpc) is 3.17. The molecule has 13 heteroatoms. The van der Waals surface area contributed by atoms with Crippen LogP contribution in [0.15, 0.2) is 57.2 Å². The van der Waals surface area contributed by atoms with Crippen LogP contribution >= 0.6 is 38.9 Å². The Balaban J connectivity index is 1.53. The fraction of sp³-hybridized carbons (Fsp3) is 0.0500. The molecule has 0 fully saturated rings. The number of benzene rings is 2. The van der Waals surface area contributed by atoms with Crippen molar-refractivity contribution in [2.24, 2.45) is 0 Å². The smallest absolute Gasteiger partial charge is 0.307 e. The highest BCUT2D eigenvalue weighted by Crippen LogP contribution is 2.31. The molecule has 0 saturated heterocycles. The molecule has 0 spiro atoms. The quantitative estimate of drug-likeness (QED) is 0.446. The summed E-state index contributed by atoms with van der Waals surface area (Å²) in [7, 11) is -4.16. The number of carbonyl (C=O) groups is 3. The summed E-state index contributed by atoms with van der Waals surface area (Å²) in [6.45, 7) is 0. The van der Waals surface area contributed by atoms with Gasteiger partial charge < -0.3 is 5.32 Å². The van der Waals surface area contributed by atoms with Gasteiger partial charge in [0, 0.05) is 15.7 Å². The zero-order chi connectivity index (χ0) is 23.9. The van der Waals surface area contributed by atoms with E-state index >= 15 is 0 Å². The normalized spacial score (nSPS) is 13.6. The number of halogens is 3. The van der Waals surface area contributed by atoms with Crippen LogP contribution in [-0.2, 0) is 21.2 Å².